The minimum atomic E-state index is -0.219. The molecule has 0 spiro atoms. The van der Waals surface area contributed by atoms with E-state index >= 15 is 0 Å². The fourth-order valence-corrected chi connectivity index (χ4v) is 3.22. The Kier molecular flexibility index (Phi) is 6.14. The molecule has 1 N–H and O–H groups in total. The number of amides is 1. The molecule has 2 heterocycles. The van der Waals surface area contributed by atoms with Crippen molar-refractivity contribution in [2.45, 2.75) is 12.5 Å². The molecule has 1 fully saturated rings. The highest BCUT2D eigenvalue weighted by Crippen LogP contribution is 2.22. The molecule has 1 atom stereocenters. The van der Waals surface area contributed by atoms with Crippen molar-refractivity contribution in [2.75, 3.05) is 39.8 Å². The Morgan fingerprint density at radius 1 is 1.12 bits per heavy atom. The topological polar surface area (TPSA) is 48.5 Å². The lowest BCUT2D eigenvalue weighted by Gasteiger charge is -2.37. The zero-order valence-electron chi connectivity index (χ0n) is 14.8. The number of rotatable bonds is 6. The van der Waals surface area contributed by atoms with Crippen LogP contribution in [-0.4, -0.2) is 60.5 Å². The van der Waals surface area contributed by atoms with Gasteiger partial charge in [-0.25, -0.2) is 0 Å². The Hall–Kier alpha value is -2.24. The second-order valence-electron chi connectivity index (χ2n) is 6.55. The first-order chi connectivity index (χ1) is 12.2. The van der Waals surface area contributed by atoms with Gasteiger partial charge in [-0.3, -0.25) is 14.7 Å². The Bertz CT molecular complexity index is 654. The second-order valence-corrected chi connectivity index (χ2v) is 6.55. The summed E-state index contributed by atoms with van der Waals surface area (Å²) in [5.74, 6) is 0.0830. The maximum Gasteiger partial charge on any atom is 0.241 e. The molecule has 0 saturated carbocycles. The van der Waals surface area contributed by atoms with Crippen LogP contribution in [0.2, 0.25) is 0 Å². The van der Waals surface area contributed by atoms with Gasteiger partial charge in [0.2, 0.25) is 5.91 Å². The first-order valence-corrected chi connectivity index (χ1v) is 8.88. The number of nitrogens with one attached hydrogen (secondary N) is 1. The third kappa shape index (κ3) is 4.87. The minimum absolute atomic E-state index is 0.0830. The first kappa shape index (κ1) is 17.6. The number of nitrogens with zero attached hydrogens (tertiary/aromatic N) is 3. The molecule has 1 aliphatic rings. The molecule has 5 nitrogen and oxygen atoms in total. The fraction of sp³-hybridized carbons (Fsp3) is 0.400. The van der Waals surface area contributed by atoms with Crippen molar-refractivity contribution in [2.24, 2.45) is 0 Å². The Labute approximate surface area is 149 Å². The van der Waals surface area contributed by atoms with Crippen LogP contribution in [-0.2, 0) is 11.2 Å². The van der Waals surface area contributed by atoms with Gasteiger partial charge in [0.15, 0.2) is 0 Å². The van der Waals surface area contributed by atoms with E-state index in [2.05, 4.69) is 27.1 Å². The number of hydrogen-bond donors (Lipinski definition) is 1. The molecular formula is C20H26N4O. The summed E-state index contributed by atoms with van der Waals surface area (Å²) in [5, 5.41) is 3.12. The molecule has 0 radical (unpaired) electrons. The van der Waals surface area contributed by atoms with E-state index in [1.54, 1.807) is 6.20 Å². The predicted octanol–water partition coefficient (Wildman–Crippen LogP) is 1.73. The highest BCUT2D eigenvalue weighted by molar-refractivity contribution is 5.83. The SMILES string of the molecule is CN1CCN([C@H](C(=O)NCCc2cccnc2)c2ccccc2)CC1. The van der Waals surface area contributed by atoms with Gasteiger partial charge in [0, 0.05) is 45.1 Å². The molecule has 1 aromatic carbocycles. The zero-order chi connectivity index (χ0) is 17.5. The third-order valence-corrected chi connectivity index (χ3v) is 4.70. The predicted molar refractivity (Wildman–Crippen MR) is 99.2 cm³/mol. The summed E-state index contributed by atoms with van der Waals surface area (Å²) in [4.78, 5) is 21.6. The van der Waals surface area contributed by atoms with Crippen LogP contribution >= 0.6 is 0 Å². The van der Waals surface area contributed by atoms with Gasteiger partial charge in [0.1, 0.15) is 6.04 Å². The van der Waals surface area contributed by atoms with Crippen molar-refractivity contribution in [1.82, 2.24) is 20.1 Å². The normalized spacial score (nSPS) is 17.2. The molecule has 1 aromatic heterocycles. The average Bonchev–Trinajstić information content (AvgIpc) is 2.65. The molecule has 132 valence electrons. The summed E-state index contributed by atoms with van der Waals surface area (Å²) in [6, 6.07) is 13.8. The number of pyridine rings is 1. The molecule has 3 rings (SSSR count). The standard InChI is InChI=1S/C20H26N4O/c1-23-12-14-24(15-13-23)19(18-7-3-2-4-8-18)20(25)22-11-9-17-6-5-10-21-16-17/h2-8,10,16,19H,9,11-15H2,1H3,(H,22,25)/t19-/m0/s1. The fourth-order valence-electron chi connectivity index (χ4n) is 3.22. The van der Waals surface area contributed by atoms with E-state index in [1.807, 2.05) is 48.7 Å². The quantitative estimate of drug-likeness (QED) is 0.871. The molecule has 25 heavy (non-hydrogen) atoms. The van der Waals surface area contributed by atoms with Gasteiger partial charge in [0.25, 0.3) is 0 Å². The van der Waals surface area contributed by atoms with Gasteiger partial charge in [-0.1, -0.05) is 36.4 Å². The molecule has 0 bridgehead atoms. The Morgan fingerprint density at radius 3 is 2.56 bits per heavy atom. The second kappa shape index (κ2) is 8.74. The van der Waals surface area contributed by atoms with Crippen molar-refractivity contribution >= 4 is 5.91 Å². The maximum absolute atomic E-state index is 12.9. The van der Waals surface area contributed by atoms with Gasteiger partial charge >= 0.3 is 0 Å². The van der Waals surface area contributed by atoms with Crippen LogP contribution in [0.25, 0.3) is 0 Å². The number of aromatic nitrogens is 1. The van der Waals surface area contributed by atoms with Crippen LogP contribution < -0.4 is 5.32 Å². The molecule has 2 aromatic rings. The summed E-state index contributed by atoms with van der Waals surface area (Å²) in [6.07, 6.45) is 4.41. The minimum Gasteiger partial charge on any atom is -0.354 e. The van der Waals surface area contributed by atoms with E-state index in [0.717, 1.165) is 43.7 Å². The average molecular weight is 338 g/mol. The lowest BCUT2D eigenvalue weighted by atomic mass is 10.0. The largest absolute Gasteiger partial charge is 0.354 e. The zero-order valence-corrected chi connectivity index (χ0v) is 14.8. The van der Waals surface area contributed by atoms with Gasteiger partial charge in [-0.15, -0.1) is 0 Å². The first-order valence-electron chi connectivity index (χ1n) is 8.88. The van der Waals surface area contributed by atoms with Gasteiger partial charge in [0.05, 0.1) is 0 Å². The van der Waals surface area contributed by atoms with Crippen LogP contribution in [0.15, 0.2) is 54.9 Å². The molecule has 5 heteroatoms. The van der Waals surface area contributed by atoms with Crippen molar-refractivity contribution in [3.8, 4) is 0 Å². The third-order valence-electron chi connectivity index (χ3n) is 4.70. The van der Waals surface area contributed by atoms with E-state index in [1.165, 1.54) is 0 Å². The Morgan fingerprint density at radius 2 is 1.88 bits per heavy atom. The highest BCUT2D eigenvalue weighted by atomic mass is 16.2. The van der Waals surface area contributed by atoms with Crippen molar-refractivity contribution < 1.29 is 4.79 Å². The lowest BCUT2D eigenvalue weighted by molar-refractivity contribution is -0.127. The van der Waals surface area contributed by atoms with Crippen molar-refractivity contribution in [1.29, 1.82) is 0 Å². The number of carbonyl (C=O) groups excluding carboxylic acids is 1. The van der Waals surface area contributed by atoms with Crippen LogP contribution in [0.3, 0.4) is 0 Å². The van der Waals surface area contributed by atoms with Gasteiger partial charge in [-0.2, -0.15) is 0 Å². The summed E-state index contributed by atoms with van der Waals surface area (Å²) < 4.78 is 0. The molecule has 1 saturated heterocycles. The summed E-state index contributed by atoms with van der Waals surface area (Å²) in [7, 11) is 2.13. The number of likely N-dealkylation sites (N-methyl/N-ethyl adjacent to an activating group) is 1. The lowest BCUT2D eigenvalue weighted by Crippen LogP contribution is -2.50. The van der Waals surface area contributed by atoms with Crippen LogP contribution in [0.5, 0.6) is 0 Å². The molecule has 0 unspecified atom stereocenters. The van der Waals surface area contributed by atoms with Gasteiger partial charge in [-0.05, 0) is 30.7 Å². The van der Waals surface area contributed by atoms with E-state index in [0.29, 0.717) is 6.54 Å². The highest BCUT2D eigenvalue weighted by Gasteiger charge is 2.29. The van der Waals surface area contributed by atoms with Crippen LogP contribution in [0, 0.1) is 0 Å². The van der Waals surface area contributed by atoms with Crippen LogP contribution in [0.4, 0.5) is 0 Å². The monoisotopic (exact) mass is 338 g/mol. The van der Waals surface area contributed by atoms with E-state index in [9.17, 15) is 4.79 Å². The van der Waals surface area contributed by atoms with E-state index < -0.39 is 0 Å². The van der Waals surface area contributed by atoms with E-state index in [4.69, 9.17) is 0 Å². The van der Waals surface area contributed by atoms with Gasteiger partial charge < -0.3 is 10.2 Å². The summed E-state index contributed by atoms with van der Waals surface area (Å²) in [5.41, 5.74) is 2.20. The molecular weight excluding hydrogens is 312 g/mol. The van der Waals surface area contributed by atoms with Crippen LogP contribution in [0.1, 0.15) is 17.2 Å². The van der Waals surface area contributed by atoms with Crippen molar-refractivity contribution in [3.63, 3.8) is 0 Å². The summed E-state index contributed by atoms with van der Waals surface area (Å²) >= 11 is 0. The molecule has 1 aliphatic heterocycles. The number of benzene rings is 1. The smallest absolute Gasteiger partial charge is 0.241 e. The molecule has 1 amide bonds. The number of carbonyl (C=O) groups is 1. The number of piperazine rings is 1. The Balaban J connectivity index is 1.65. The van der Waals surface area contributed by atoms with E-state index in [-0.39, 0.29) is 11.9 Å². The maximum atomic E-state index is 12.9. The summed E-state index contributed by atoms with van der Waals surface area (Å²) in [6.45, 7) is 4.43. The van der Waals surface area contributed by atoms with Crippen molar-refractivity contribution in [3.05, 3.63) is 66.0 Å². The molecule has 0 aliphatic carbocycles. The number of hydrogen-bond acceptors (Lipinski definition) is 4.